The maximum Gasteiger partial charge on any atom is 0.185 e. The Kier molecular flexibility index (Phi) is 3.82. The van der Waals surface area contributed by atoms with Crippen LogP contribution in [0.1, 0.15) is 38.5 Å². The number of nitrogens with one attached hydrogen (secondary N) is 1. The number of rotatable bonds is 3. The molecule has 1 aliphatic carbocycles. The standard InChI is InChI=1S/C15H17F4NO/c16-10-7-11(17)13(19)14(12(10)18)20-8-9-3-6-15(21-9)4-1-2-5-15/h7,9,20H,1-6,8H2. The van der Waals surface area contributed by atoms with Gasteiger partial charge in [0.15, 0.2) is 23.3 Å². The molecular formula is C15H17F4NO. The molecule has 1 aliphatic heterocycles. The molecule has 1 N–H and O–H groups in total. The zero-order chi connectivity index (χ0) is 15.0. The Hall–Kier alpha value is -1.30. The van der Waals surface area contributed by atoms with Crippen molar-refractivity contribution in [2.75, 3.05) is 11.9 Å². The first-order chi connectivity index (χ1) is 10.0. The molecule has 1 saturated heterocycles. The van der Waals surface area contributed by atoms with Crippen molar-refractivity contribution in [2.24, 2.45) is 0 Å². The topological polar surface area (TPSA) is 21.3 Å². The Labute approximate surface area is 120 Å². The summed E-state index contributed by atoms with van der Waals surface area (Å²) in [7, 11) is 0. The van der Waals surface area contributed by atoms with E-state index in [4.69, 9.17) is 4.74 Å². The number of halogens is 4. The molecule has 21 heavy (non-hydrogen) atoms. The lowest BCUT2D eigenvalue weighted by molar-refractivity contribution is -0.0307. The lowest BCUT2D eigenvalue weighted by atomic mass is 9.98. The van der Waals surface area contributed by atoms with Gasteiger partial charge in [0.2, 0.25) is 0 Å². The van der Waals surface area contributed by atoms with Gasteiger partial charge < -0.3 is 10.1 Å². The normalized spacial score (nSPS) is 23.9. The molecule has 3 rings (SSSR count). The summed E-state index contributed by atoms with van der Waals surface area (Å²) >= 11 is 0. The number of ether oxygens (including phenoxy) is 1. The van der Waals surface area contributed by atoms with Gasteiger partial charge in [0.25, 0.3) is 0 Å². The van der Waals surface area contributed by atoms with E-state index in [1.54, 1.807) is 0 Å². The number of hydrogen-bond donors (Lipinski definition) is 1. The maximum absolute atomic E-state index is 13.5. The van der Waals surface area contributed by atoms with Crippen molar-refractivity contribution in [1.29, 1.82) is 0 Å². The van der Waals surface area contributed by atoms with Crippen LogP contribution in [0.3, 0.4) is 0 Å². The lowest BCUT2D eigenvalue weighted by Gasteiger charge is -2.24. The first-order valence-corrected chi connectivity index (χ1v) is 7.25. The average molecular weight is 303 g/mol. The summed E-state index contributed by atoms with van der Waals surface area (Å²) in [6.45, 7) is 0.137. The van der Waals surface area contributed by atoms with Crippen LogP contribution in [-0.4, -0.2) is 18.2 Å². The van der Waals surface area contributed by atoms with Crippen LogP contribution in [0.15, 0.2) is 6.07 Å². The highest BCUT2D eigenvalue weighted by molar-refractivity contribution is 5.47. The van der Waals surface area contributed by atoms with Crippen molar-refractivity contribution < 1.29 is 22.3 Å². The molecule has 1 unspecified atom stereocenters. The second-order valence-electron chi connectivity index (χ2n) is 5.89. The number of benzene rings is 1. The molecule has 1 saturated carbocycles. The Balaban J connectivity index is 1.66. The summed E-state index contributed by atoms with van der Waals surface area (Å²) in [6.07, 6.45) is 5.84. The molecule has 116 valence electrons. The molecule has 1 aromatic rings. The molecule has 1 spiro atoms. The van der Waals surface area contributed by atoms with Crippen LogP contribution in [0, 0.1) is 23.3 Å². The van der Waals surface area contributed by atoms with Gasteiger partial charge in [-0.05, 0) is 25.7 Å². The highest BCUT2D eigenvalue weighted by Crippen LogP contribution is 2.43. The third kappa shape index (κ3) is 2.73. The van der Waals surface area contributed by atoms with Gasteiger partial charge in [0, 0.05) is 12.6 Å². The van der Waals surface area contributed by atoms with Crippen molar-refractivity contribution in [1.82, 2.24) is 0 Å². The van der Waals surface area contributed by atoms with Crippen LogP contribution < -0.4 is 5.32 Å². The van der Waals surface area contributed by atoms with E-state index in [2.05, 4.69) is 5.32 Å². The molecule has 1 aromatic carbocycles. The van der Waals surface area contributed by atoms with E-state index in [9.17, 15) is 17.6 Å². The first-order valence-electron chi connectivity index (χ1n) is 7.25. The van der Waals surface area contributed by atoms with Crippen LogP contribution in [-0.2, 0) is 4.74 Å². The van der Waals surface area contributed by atoms with Crippen molar-refractivity contribution in [3.05, 3.63) is 29.3 Å². The fourth-order valence-corrected chi connectivity index (χ4v) is 3.37. The van der Waals surface area contributed by atoms with Crippen molar-refractivity contribution in [2.45, 2.75) is 50.2 Å². The van der Waals surface area contributed by atoms with Gasteiger partial charge in [0.05, 0.1) is 11.7 Å². The molecular weight excluding hydrogens is 286 g/mol. The molecule has 0 amide bonds. The average Bonchev–Trinajstić information content (AvgIpc) is 3.07. The quantitative estimate of drug-likeness (QED) is 0.669. The Bertz CT molecular complexity index is 517. The first kappa shape index (κ1) is 14.6. The van der Waals surface area contributed by atoms with Gasteiger partial charge >= 0.3 is 0 Å². The summed E-state index contributed by atoms with van der Waals surface area (Å²) in [4.78, 5) is 0. The van der Waals surface area contributed by atoms with Crippen molar-refractivity contribution >= 4 is 5.69 Å². The summed E-state index contributed by atoms with van der Waals surface area (Å²) < 4.78 is 59.2. The Morgan fingerprint density at radius 2 is 1.67 bits per heavy atom. The Morgan fingerprint density at radius 1 is 1.05 bits per heavy atom. The van der Waals surface area contributed by atoms with Gasteiger partial charge in [-0.1, -0.05) is 12.8 Å². The van der Waals surface area contributed by atoms with E-state index in [1.807, 2.05) is 0 Å². The highest BCUT2D eigenvalue weighted by atomic mass is 19.2. The number of hydrogen-bond acceptors (Lipinski definition) is 2. The molecule has 2 nitrogen and oxygen atoms in total. The van der Waals surface area contributed by atoms with E-state index in [1.165, 1.54) is 0 Å². The van der Waals surface area contributed by atoms with E-state index < -0.39 is 29.0 Å². The van der Waals surface area contributed by atoms with Crippen molar-refractivity contribution in [3.8, 4) is 0 Å². The fraction of sp³-hybridized carbons (Fsp3) is 0.600. The van der Waals surface area contributed by atoms with Gasteiger partial charge in [-0.3, -0.25) is 0 Å². The Morgan fingerprint density at radius 3 is 2.29 bits per heavy atom. The molecule has 0 aromatic heterocycles. The zero-order valence-corrected chi connectivity index (χ0v) is 11.5. The van der Waals surface area contributed by atoms with Crippen LogP contribution in [0.5, 0.6) is 0 Å². The van der Waals surface area contributed by atoms with Gasteiger partial charge in [0.1, 0.15) is 5.69 Å². The monoisotopic (exact) mass is 303 g/mol. The second kappa shape index (κ2) is 5.48. The van der Waals surface area contributed by atoms with Crippen LogP contribution in [0.4, 0.5) is 23.2 Å². The molecule has 2 fully saturated rings. The summed E-state index contributed by atoms with van der Waals surface area (Å²) in [6, 6.07) is 0.204. The predicted octanol–water partition coefficient (Wildman–Crippen LogP) is 4.15. The van der Waals surface area contributed by atoms with Gasteiger partial charge in [-0.2, -0.15) is 0 Å². The molecule has 0 bridgehead atoms. The predicted molar refractivity (Wildman–Crippen MR) is 70.1 cm³/mol. The third-order valence-corrected chi connectivity index (χ3v) is 4.47. The molecule has 2 aliphatic rings. The van der Waals surface area contributed by atoms with E-state index in [0.29, 0.717) is 0 Å². The fourth-order valence-electron chi connectivity index (χ4n) is 3.37. The third-order valence-electron chi connectivity index (χ3n) is 4.47. The summed E-state index contributed by atoms with van der Waals surface area (Å²) in [5.41, 5.74) is -0.847. The van der Waals surface area contributed by atoms with Gasteiger partial charge in [-0.15, -0.1) is 0 Å². The minimum absolute atomic E-state index is 0.0867. The number of anilines is 1. The molecule has 6 heteroatoms. The van der Waals surface area contributed by atoms with E-state index in [0.717, 1.165) is 38.5 Å². The molecule has 1 atom stereocenters. The van der Waals surface area contributed by atoms with E-state index in [-0.39, 0.29) is 24.3 Å². The minimum atomic E-state index is -1.41. The molecule has 0 radical (unpaired) electrons. The molecule has 1 heterocycles. The van der Waals surface area contributed by atoms with Gasteiger partial charge in [-0.25, -0.2) is 17.6 Å². The lowest BCUT2D eigenvalue weighted by Crippen LogP contribution is -2.28. The zero-order valence-electron chi connectivity index (χ0n) is 11.5. The smallest absolute Gasteiger partial charge is 0.185 e. The van der Waals surface area contributed by atoms with Crippen LogP contribution >= 0.6 is 0 Å². The SMILES string of the molecule is Fc1cc(F)c(F)c(NCC2CCC3(CCCC3)O2)c1F. The largest absolute Gasteiger partial charge is 0.378 e. The summed E-state index contributed by atoms with van der Waals surface area (Å²) in [5.74, 6) is -5.61. The van der Waals surface area contributed by atoms with Crippen LogP contribution in [0.2, 0.25) is 0 Å². The summed E-state index contributed by atoms with van der Waals surface area (Å²) in [5, 5.41) is 2.46. The van der Waals surface area contributed by atoms with Crippen LogP contribution in [0.25, 0.3) is 0 Å². The second-order valence-corrected chi connectivity index (χ2v) is 5.89. The van der Waals surface area contributed by atoms with E-state index >= 15 is 0 Å². The highest BCUT2D eigenvalue weighted by Gasteiger charge is 2.42. The van der Waals surface area contributed by atoms with Crippen molar-refractivity contribution in [3.63, 3.8) is 0 Å². The maximum atomic E-state index is 13.5. The minimum Gasteiger partial charge on any atom is -0.378 e.